The van der Waals surface area contributed by atoms with E-state index >= 15 is 0 Å². The van der Waals surface area contributed by atoms with Crippen molar-refractivity contribution in [2.75, 3.05) is 13.2 Å². The normalized spacial score (nSPS) is 13.9. The third-order valence-corrected chi connectivity index (χ3v) is 5.86. The second-order valence-electron chi connectivity index (χ2n) is 8.36. The van der Waals surface area contributed by atoms with E-state index in [0.29, 0.717) is 42.2 Å². The number of ether oxygens (including phenoxy) is 1. The average molecular weight is 526 g/mol. The summed E-state index contributed by atoms with van der Waals surface area (Å²) >= 11 is 0. The number of halogens is 3. The molecule has 38 heavy (non-hydrogen) atoms. The molecule has 196 valence electrons. The number of nitrogens with one attached hydrogen (secondary N) is 1. The lowest BCUT2D eigenvalue weighted by atomic mass is 9.98. The Balaban J connectivity index is 0.000000426. The monoisotopic (exact) mass is 526 g/mol. The van der Waals surface area contributed by atoms with Gasteiger partial charge < -0.3 is 14.8 Å². The van der Waals surface area contributed by atoms with Gasteiger partial charge in [0.1, 0.15) is 23.0 Å². The molecular formula is C25H21F3N6O4. The van der Waals surface area contributed by atoms with Crippen LogP contribution in [0.1, 0.15) is 36.0 Å². The first-order valence-corrected chi connectivity index (χ1v) is 11.5. The molecule has 10 nitrogen and oxygen atoms in total. The highest BCUT2D eigenvalue weighted by Gasteiger charge is 2.38. The van der Waals surface area contributed by atoms with Crippen molar-refractivity contribution >= 4 is 17.0 Å². The second kappa shape index (κ2) is 11.2. The second-order valence-corrected chi connectivity index (χ2v) is 8.36. The predicted octanol–water partition coefficient (Wildman–Crippen LogP) is 3.63. The van der Waals surface area contributed by atoms with E-state index in [1.54, 1.807) is 18.5 Å². The molecule has 0 atom stereocenters. The van der Waals surface area contributed by atoms with Crippen LogP contribution in [0.5, 0.6) is 0 Å². The minimum Gasteiger partial charge on any atom is -0.475 e. The van der Waals surface area contributed by atoms with Crippen molar-refractivity contribution < 1.29 is 27.8 Å². The molecule has 1 aliphatic rings. The number of carboxylic acid groups (broad SMARTS) is 1. The zero-order valence-corrected chi connectivity index (χ0v) is 19.8. The number of alkyl halides is 3. The van der Waals surface area contributed by atoms with Gasteiger partial charge >= 0.3 is 12.1 Å². The van der Waals surface area contributed by atoms with Gasteiger partial charge in [0.2, 0.25) is 0 Å². The number of aromatic amines is 1. The van der Waals surface area contributed by atoms with Gasteiger partial charge in [-0.3, -0.25) is 4.79 Å². The fourth-order valence-corrected chi connectivity index (χ4v) is 4.02. The Hall–Kier alpha value is -4.57. The van der Waals surface area contributed by atoms with Crippen LogP contribution >= 0.6 is 0 Å². The molecule has 1 saturated heterocycles. The van der Waals surface area contributed by atoms with Gasteiger partial charge in [-0.25, -0.2) is 19.4 Å². The van der Waals surface area contributed by atoms with E-state index in [9.17, 15) is 18.0 Å². The van der Waals surface area contributed by atoms with E-state index < -0.39 is 12.1 Å². The van der Waals surface area contributed by atoms with Gasteiger partial charge in [-0.15, -0.1) is 0 Å². The number of aromatic nitrogens is 5. The summed E-state index contributed by atoms with van der Waals surface area (Å²) in [6.07, 6.45) is 0.373. The van der Waals surface area contributed by atoms with Crippen molar-refractivity contribution in [1.82, 2.24) is 24.7 Å². The molecule has 2 N–H and O–H groups in total. The number of benzene rings is 1. The number of nitriles is 1. The molecule has 1 fully saturated rings. The molecule has 13 heteroatoms. The lowest BCUT2D eigenvalue weighted by Crippen LogP contribution is -2.21. The Morgan fingerprint density at radius 3 is 2.53 bits per heavy atom. The molecule has 0 spiro atoms. The van der Waals surface area contributed by atoms with Crippen LogP contribution in [-0.4, -0.2) is 55.2 Å². The maximum atomic E-state index is 12.7. The maximum Gasteiger partial charge on any atom is 0.490 e. The minimum absolute atomic E-state index is 0.184. The molecule has 4 heterocycles. The Morgan fingerprint density at radius 2 is 1.89 bits per heavy atom. The fourth-order valence-electron chi connectivity index (χ4n) is 4.02. The Labute approximate surface area is 213 Å². The van der Waals surface area contributed by atoms with Gasteiger partial charge in [0.15, 0.2) is 5.65 Å². The van der Waals surface area contributed by atoms with Crippen molar-refractivity contribution in [2.24, 2.45) is 0 Å². The SMILES string of the molecule is N#Cc1ccc(-c2ccccc2Cc2nc3c(cnn3C3CCOCC3)c(=O)[nH]2)cn1.O=C(O)C(F)(F)F. The molecular weight excluding hydrogens is 505 g/mol. The van der Waals surface area contributed by atoms with E-state index in [1.807, 2.05) is 41.1 Å². The van der Waals surface area contributed by atoms with Gasteiger partial charge in [-0.2, -0.15) is 23.5 Å². The highest BCUT2D eigenvalue weighted by molar-refractivity contribution is 5.74. The van der Waals surface area contributed by atoms with Crippen LogP contribution < -0.4 is 5.56 Å². The molecule has 0 radical (unpaired) electrons. The lowest BCUT2D eigenvalue weighted by molar-refractivity contribution is -0.192. The van der Waals surface area contributed by atoms with Crippen LogP contribution in [0.25, 0.3) is 22.2 Å². The summed E-state index contributed by atoms with van der Waals surface area (Å²) in [5, 5.41) is 21.1. The molecule has 1 aliphatic heterocycles. The van der Waals surface area contributed by atoms with Gasteiger partial charge in [-0.1, -0.05) is 24.3 Å². The van der Waals surface area contributed by atoms with E-state index in [1.165, 1.54) is 0 Å². The molecule has 5 rings (SSSR count). The number of aliphatic carboxylic acids is 1. The zero-order valence-electron chi connectivity index (χ0n) is 19.8. The quantitative estimate of drug-likeness (QED) is 0.410. The fraction of sp³-hybridized carbons (Fsp3) is 0.280. The maximum absolute atomic E-state index is 12.7. The van der Waals surface area contributed by atoms with Crippen LogP contribution in [-0.2, 0) is 16.0 Å². The van der Waals surface area contributed by atoms with Crippen molar-refractivity contribution in [1.29, 1.82) is 5.26 Å². The number of rotatable bonds is 4. The van der Waals surface area contributed by atoms with E-state index in [2.05, 4.69) is 15.1 Å². The summed E-state index contributed by atoms with van der Waals surface area (Å²) in [5.41, 5.74) is 3.71. The number of fused-ring (bicyclic) bond motifs is 1. The van der Waals surface area contributed by atoms with Crippen molar-refractivity contribution in [3.63, 3.8) is 0 Å². The Bertz CT molecular complexity index is 1530. The first-order valence-electron chi connectivity index (χ1n) is 11.5. The number of carbonyl (C=O) groups is 1. The smallest absolute Gasteiger partial charge is 0.475 e. The summed E-state index contributed by atoms with van der Waals surface area (Å²) in [5.74, 6) is -2.17. The Morgan fingerprint density at radius 1 is 1.18 bits per heavy atom. The van der Waals surface area contributed by atoms with Crippen LogP contribution in [0.4, 0.5) is 13.2 Å². The number of nitrogens with zero attached hydrogens (tertiary/aromatic N) is 5. The van der Waals surface area contributed by atoms with Crippen LogP contribution in [0.3, 0.4) is 0 Å². The zero-order chi connectivity index (χ0) is 27.3. The molecule has 0 bridgehead atoms. The predicted molar refractivity (Wildman–Crippen MR) is 128 cm³/mol. The van der Waals surface area contributed by atoms with Crippen LogP contribution in [0.2, 0.25) is 0 Å². The number of H-pyrrole nitrogens is 1. The number of hydrogen-bond acceptors (Lipinski definition) is 7. The summed E-state index contributed by atoms with van der Waals surface area (Å²) in [7, 11) is 0. The molecule has 0 aliphatic carbocycles. The molecule has 0 amide bonds. The first kappa shape index (κ1) is 26.5. The van der Waals surface area contributed by atoms with E-state index in [0.717, 1.165) is 29.5 Å². The summed E-state index contributed by atoms with van der Waals surface area (Å²) < 4.78 is 39.1. The third-order valence-electron chi connectivity index (χ3n) is 5.86. The highest BCUT2D eigenvalue weighted by atomic mass is 19.4. The number of hydrogen-bond donors (Lipinski definition) is 2. The van der Waals surface area contributed by atoms with Gasteiger partial charge in [0.25, 0.3) is 5.56 Å². The molecule has 1 aromatic carbocycles. The summed E-state index contributed by atoms with van der Waals surface area (Å²) in [6.45, 7) is 1.38. The number of pyridine rings is 1. The van der Waals surface area contributed by atoms with E-state index in [-0.39, 0.29) is 11.6 Å². The van der Waals surface area contributed by atoms with Crippen LogP contribution in [0.15, 0.2) is 53.6 Å². The third kappa shape index (κ3) is 6.04. The van der Waals surface area contributed by atoms with Crippen molar-refractivity contribution in [2.45, 2.75) is 31.5 Å². The molecule has 3 aromatic heterocycles. The van der Waals surface area contributed by atoms with Crippen molar-refractivity contribution in [3.8, 4) is 17.2 Å². The lowest BCUT2D eigenvalue weighted by Gasteiger charge is -2.22. The first-order chi connectivity index (χ1) is 18.2. The van der Waals surface area contributed by atoms with Gasteiger partial charge in [0.05, 0.1) is 12.2 Å². The Kier molecular flexibility index (Phi) is 7.82. The largest absolute Gasteiger partial charge is 0.490 e. The highest BCUT2D eigenvalue weighted by Crippen LogP contribution is 2.26. The standard InChI is InChI=1S/C23H20N6O2.C2HF3O2/c24-12-17-6-5-16(13-25-17)19-4-2-1-3-15(19)11-21-27-22-20(23(30)28-21)14-26-29(22)18-7-9-31-10-8-18;3-2(4,5)1(6)7/h1-6,13-14,18H,7-11H2,(H,27,28,30);(H,6,7). The van der Waals surface area contributed by atoms with Crippen molar-refractivity contribution in [3.05, 3.63) is 76.2 Å². The topological polar surface area (TPSA) is 147 Å². The number of carboxylic acids is 1. The average Bonchev–Trinajstić information content (AvgIpc) is 3.34. The molecule has 0 unspecified atom stereocenters. The van der Waals surface area contributed by atoms with Crippen LogP contribution in [0, 0.1) is 11.3 Å². The summed E-state index contributed by atoms with van der Waals surface area (Å²) in [6, 6.07) is 13.7. The molecule has 4 aromatic rings. The minimum atomic E-state index is -5.08. The molecule has 0 saturated carbocycles. The van der Waals surface area contributed by atoms with Gasteiger partial charge in [0, 0.05) is 31.4 Å². The van der Waals surface area contributed by atoms with E-state index in [4.69, 9.17) is 24.9 Å². The van der Waals surface area contributed by atoms with Gasteiger partial charge in [-0.05, 0) is 36.1 Å². The summed E-state index contributed by atoms with van der Waals surface area (Å²) in [4.78, 5) is 33.5.